The monoisotopic (exact) mass is 394 g/mol. The van der Waals surface area contributed by atoms with E-state index < -0.39 is 0 Å². The van der Waals surface area contributed by atoms with Crippen molar-refractivity contribution in [3.8, 4) is 17.2 Å². The molecule has 6 nitrogen and oxygen atoms in total. The van der Waals surface area contributed by atoms with Gasteiger partial charge in [0.15, 0.2) is 11.5 Å². The highest BCUT2D eigenvalue weighted by atomic mass is 32.2. The van der Waals surface area contributed by atoms with E-state index in [0.29, 0.717) is 23.0 Å². The van der Waals surface area contributed by atoms with Crippen LogP contribution in [0.1, 0.15) is 36.6 Å². The van der Waals surface area contributed by atoms with E-state index in [1.54, 1.807) is 33.1 Å². The third-order valence-corrected chi connectivity index (χ3v) is 6.53. The third-order valence-electron chi connectivity index (χ3n) is 5.29. The first kappa shape index (κ1) is 20.1. The minimum atomic E-state index is -0.0426. The molecular formula is C20H30N2O4S. The molecule has 0 aliphatic carbocycles. The molecule has 2 heterocycles. The lowest BCUT2D eigenvalue weighted by Crippen LogP contribution is -2.30. The number of likely N-dealkylation sites (tertiary alicyclic amines) is 1. The smallest absolute Gasteiger partial charge is 0.233 e. The molecule has 1 atom stereocenters. The van der Waals surface area contributed by atoms with Crippen LogP contribution in [0.15, 0.2) is 12.1 Å². The van der Waals surface area contributed by atoms with Crippen LogP contribution in [0.3, 0.4) is 0 Å². The van der Waals surface area contributed by atoms with Crippen molar-refractivity contribution < 1.29 is 19.0 Å². The van der Waals surface area contributed by atoms with E-state index >= 15 is 0 Å². The van der Waals surface area contributed by atoms with Crippen molar-refractivity contribution in [2.24, 2.45) is 0 Å². The van der Waals surface area contributed by atoms with Crippen LogP contribution in [-0.2, 0) is 4.79 Å². The molecule has 1 aromatic carbocycles. The lowest BCUT2D eigenvalue weighted by atomic mass is 10.1. The predicted molar refractivity (Wildman–Crippen MR) is 108 cm³/mol. The van der Waals surface area contributed by atoms with Crippen molar-refractivity contribution in [1.29, 1.82) is 0 Å². The van der Waals surface area contributed by atoms with Gasteiger partial charge in [-0.25, -0.2) is 0 Å². The first-order valence-corrected chi connectivity index (χ1v) is 10.7. The lowest BCUT2D eigenvalue weighted by Gasteiger charge is -2.27. The topological polar surface area (TPSA) is 51.2 Å². The molecule has 27 heavy (non-hydrogen) atoms. The molecule has 2 aliphatic rings. The number of nitrogens with zero attached hydrogens (tertiary/aromatic N) is 2. The molecule has 0 N–H and O–H groups in total. The van der Waals surface area contributed by atoms with Crippen LogP contribution in [0, 0.1) is 0 Å². The van der Waals surface area contributed by atoms with Gasteiger partial charge < -0.3 is 24.0 Å². The fourth-order valence-corrected chi connectivity index (χ4v) is 5.13. The minimum Gasteiger partial charge on any atom is -0.493 e. The van der Waals surface area contributed by atoms with Crippen molar-refractivity contribution in [3.63, 3.8) is 0 Å². The van der Waals surface area contributed by atoms with E-state index in [-0.39, 0.29) is 11.3 Å². The van der Waals surface area contributed by atoms with Crippen LogP contribution in [0.4, 0.5) is 0 Å². The Morgan fingerprint density at radius 2 is 1.70 bits per heavy atom. The Labute approximate surface area is 166 Å². The molecule has 2 aliphatic heterocycles. The average molecular weight is 395 g/mol. The number of ether oxygens (including phenoxy) is 3. The van der Waals surface area contributed by atoms with E-state index in [2.05, 4.69) is 4.90 Å². The van der Waals surface area contributed by atoms with E-state index in [0.717, 1.165) is 31.5 Å². The number of rotatable bonds is 9. The van der Waals surface area contributed by atoms with Gasteiger partial charge in [0.1, 0.15) is 5.37 Å². The largest absolute Gasteiger partial charge is 0.493 e. The summed E-state index contributed by atoms with van der Waals surface area (Å²) in [4.78, 5) is 17.0. The highest BCUT2D eigenvalue weighted by molar-refractivity contribution is 8.00. The molecule has 0 bridgehead atoms. The molecule has 2 saturated heterocycles. The van der Waals surface area contributed by atoms with Gasteiger partial charge in [-0.1, -0.05) is 0 Å². The highest BCUT2D eigenvalue weighted by Crippen LogP contribution is 2.48. The van der Waals surface area contributed by atoms with Crippen molar-refractivity contribution in [2.45, 2.75) is 31.1 Å². The summed E-state index contributed by atoms with van der Waals surface area (Å²) in [5, 5.41) is -0.0426. The van der Waals surface area contributed by atoms with Gasteiger partial charge >= 0.3 is 0 Å². The van der Waals surface area contributed by atoms with Gasteiger partial charge in [0.05, 0.1) is 27.1 Å². The Bertz CT molecular complexity index is 649. The van der Waals surface area contributed by atoms with Gasteiger partial charge in [-0.2, -0.15) is 0 Å². The highest BCUT2D eigenvalue weighted by Gasteiger charge is 2.35. The van der Waals surface area contributed by atoms with Gasteiger partial charge in [0.2, 0.25) is 11.7 Å². The first-order chi connectivity index (χ1) is 13.2. The van der Waals surface area contributed by atoms with Crippen molar-refractivity contribution >= 4 is 17.7 Å². The van der Waals surface area contributed by atoms with Gasteiger partial charge in [-0.05, 0) is 57.5 Å². The molecule has 7 heteroatoms. The molecule has 0 aromatic heterocycles. The number of carbonyl (C=O) groups is 1. The molecule has 0 spiro atoms. The maximum Gasteiger partial charge on any atom is 0.233 e. The summed E-state index contributed by atoms with van der Waals surface area (Å²) in [6, 6.07) is 3.86. The summed E-state index contributed by atoms with van der Waals surface area (Å²) in [6.45, 7) is 4.37. The van der Waals surface area contributed by atoms with Gasteiger partial charge in [0.25, 0.3) is 0 Å². The summed E-state index contributed by atoms with van der Waals surface area (Å²) in [5.74, 6) is 2.55. The van der Waals surface area contributed by atoms with E-state index in [4.69, 9.17) is 14.2 Å². The SMILES string of the molecule is COc1ccc(C2SCC(=O)N2CCCCN2CCCC2)c(OC)c1OC. The Kier molecular flexibility index (Phi) is 7.13. The second-order valence-corrected chi connectivity index (χ2v) is 8.00. The summed E-state index contributed by atoms with van der Waals surface area (Å²) in [7, 11) is 4.84. The Morgan fingerprint density at radius 3 is 2.37 bits per heavy atom. The number of unbranched alkanes of at least 4 members (excludes halogenated alkanes) is 1. The lowest BCUT2D eigenvalue weighted by molar-refractivity contribution is -0.128. The first-order valence-electron chi connectivity index (χ1n) is 9.62. The van der Waals surface area contributed by atoms with E-state index in [1.807, 2.05) is 17.0 Å². The van der Waals surface area contributed by atoms with E-state index in [9.17, 15) is 4.79 Å². The average Bonchev–Trinajstić information content (AvgIpc) is 3.33. The summed E-state index contributed by atoms with van der Waals surface area (Å²) < 4.78 is 16.5. The number of carbonyl (C=O) groups excluding carboxylic acids is 1. The normalized spacial score (nSPS) is 20.3. The standard InChI is InChI=1S/C20H30N2O4S/c1-24-16-9-8-15(18(25-2)19(16)26-3)20-22(17(23)14-27-20)13-7-6-12-21-10-4-5-11-21/h8-9,20H,4-7,10-14H2,1-3H3. The predicted octanol–water partition coefficient (Wildman–Crippen LogP) is 3.16. The molecule has 1 amide bonds. The number of hydrogen-bond donors (Lipinski definition) is 0. The molecule has 150 valence electrons. The Morgan fingerprint density at radius 1 is 1.00 bits per heavy atom. The van der Waals surface area contributed by atoms with Crippen LogP contribution >= 0.6 is 11.8 Å². The molecule has 2 fully saturated rings. The number of hydrogen-bond acceptors (Lipinski definition) is 6. The van der Waals surface area contributed by atoms with Gasteiger partial charge in [0, 0.05) is 12.1 Å². The number of amides is 1. The zero-order valence-electron chi connectivity index (χ0n) is 16.5. The summed E-state index contributed by atoms with van der Waals surface area (Å²) in [5.41, 5.74) is 0.963. The second-order valence-electron chi connectivity index (χ2n) is 6.93. The molecule has 1 aromatic rings. The van der Waals surface area contributed by atoms with Crippen molar-refractivity contribution in [1.82, 2.24) is 9.80 Å². The molecular weight excluding hydrogens is 364 g/mol. The fraction of sp³-hybridized carbons (Fsp3) is 0.650. The number of methoxy groups -OCH3 is 3. The minimum absolute atomic E-state index is 0.0426. The fourth-order valence-electron chi connectivity index (χ4n) is 3.90. The van der Waals surface area contributed by atoms with Crippen LogP contribution in [0.25, 0.3) is 0 Å². The van der Waals surface area contributed by atoms with Gasteiger partial charge in [-0.3, -0.25) is 4.79 Å². The molecule has 1 unspecified atom stereocenters. The zero-order valence-corrected chi connectivity index (χ0v) is 17.3. The van der Waals surface area contributed by atoms with Crippen LogP contribution in [-0.4, -0.2) is 69.0 Å². The third kappa shape index (κ3) is 4.46. The van der Waals surface area contributed by atoms with Crippen molar-refractivity contribution in [3.05, 3.63) is 17.7 Å². The van der Waals surface area contributed by atoms with Crippen LogP contribution in [0.2, 0.25) is 0 Å². The summed E-state index contributed by atoms with van der Waals surface area (Å²) >= 11 is 1.65. The number of benzene rings is 1. The Balaban J connectivity index is 1.69. The zero-order chi connectivity index (χ0) is 19.2. The van der Waals surface area contributed by atoms with Gasteiger partial charge in [-0.15, -0.1) is 11.8 Å². The maximum atomic E-state index is 12.5. The Hall–Kier alpha value is -1.60. The second kappa shape index (κ2) is 9.55. The maximum absolute atomic E-state index is 12.5. The van der Waals surface area contributed by atoms with Crippen LogP contribution in [0.5, 0.6) is 17.2 Å². The molecule has 0 radical (unpaired) electrons. The van der Waals surface area contributed by atoms with Crippen LogP contribution < -0.4 is 14.2 Å². The quantitative estimate of drug-likeness (QED) is 0.600. The summed E-state index contributed by atoms with van der Waals surface area (Å²) in [6.07, 6.45) is 4.80. The number of thioether (sulfide) groups is 1. The molecule has 3 rings (SSSR count). The molecule has 0 saturated carbocycles. The van der Waals surface area contributed by atoms with E-state index in [1.165, 1.54) is 25.9 Å². The van der Waals surface area contributed by atoms with Crippen molar-refractivity contribution in [2.75, 3.05) is 53.3 Å².